The van der Waals surface area contributed by atoms with Crippen molar-refractivity contribution in [2.45, 2.75) is 51.1 Å². The fraction of sp³-hybridized carbons (Fsp3) is 0.611. The van der Waals surface area contributed by atoms with Crippen LogP contribution in [0.1, 0.15) is 44.1 Å². The topological polar surface area (TPSA) is 32.3 Å². The third kappa shape index (κ3) is 4.45. The van der Waals surface area contributed by atoms with Gasteiger partial charge in [-0.15, -0.1) is 0 Å². The minimum absolute atomic E-state index is 0.113. The molecule has 1 aromatic carbocycles. The van der Waals surface area contributed by atoms with Gasteiger partial charge < -0.3 is 5.32 Å². The Morgan fingerprint density at radius 2 is 1.91 bits per heavy atom. The molecule has 1 heterocycles. The van der Waals surface area contributed by atoms with Crippen LogP contribution in [-0.2, 0) is 11.3 Å². The number of carbonyl (C=O) groups is 1. The molecule has 0 atom stereocenters. The summed E-state index contributed by atoms with van der Waals surface area (Å²) >= 11 is 5.79. The number of halogens is 2. The van der Waals surface area contributed by atoms with E-state index < -0.39 is 0 Å². The Morgan fingerprint density at radius 3 is 2.57 bits per heavy atom. The van der Waals surface area contributed by atoms with Crippen molar-refractivity contribution in [2.75, 3.05) is 13.1 Å². The van der Waals surface area contributed by atoms with Crippen molar-refractivity contribution in [3.63, 3.8) is 0 Å². The Morgan fingerprint density at radius 1 is 1.22 bits per heavy atom. The molecule has 3 nitrogen and oxygen atoms in total. The van der Waals surface area contributed by atoms with Crippen molar-refractivity contribution in [1.29, 1.82) is 0 Å². The number of hydrogen-bond donors (Lipinski definition) is 1. The largest absolute Gasteiger partial charge is 0.353 e. The zero-order valence-corrected chi connectivity index (χ0v) is 14.1. The molecule has 1 aliphatic carbocycles. The monoisotopic (exact) mass is 338 g/mol. The minimum atomic E-state index is -0.251. The fourth-order valence-electron chi connectivity index (χ4n) is 3.63. The van der Waals surface area contributed by atoms with Gasteiger partial charge in [-0.05, 0) is 50.9 Å². The molecule has 0 unspecified atom stereocenters. The highest BCUT2D eigenvalue weighted by Crippen LogP contribution is 2.23. The van der Waals surface area contributed by atoms with Gasteiger partial charge in [0.2, 0.25) is 5.91 Å². The van der Waals surface area contributed by atoms with Crippen LogP contribution in [-0.4, -0.2) is 29.9 Å². The summed E-state index contributed by atoms with van der Waals surface area (Å²) < 4.78 is 13.9. The van der Waals surface area contributed by atoms with E-state index in [-0.39, 0.29) is 17.6 Å². The lowest BCUT2D eigenvalue weighted by molar-refractivity contribution is -0.127. The van der Waals surface area contributed by atoms with Crippen LogP contribution in [0.3, 0.4) is 0 Å². The van der Waals surface area contributed by atoms with E-state index in [4.69, 9.17) is 11.6 Å². The molecule has 2 aliphatic rings. The molecule has 2 fully saturated rings. The summed E-state index contributed by atoms with van der Waals surface area (Å²) in [5.74, 6) is 0.0785. The normalized spacial score (nSPS) is 20.8. The van der Waals surface area contributed by atoms with Crippen LogP contribution in [0.4, 0.5) is 4.39 Å². The first kappa shape index (κ1) is 16.7. The lowest BCUT2D eigenvalue weighted by Crippen LogP contribution is -2.43. The number of amides is 1. The molecule has 0 radical (unpaired) electrons. The van der Waals surface area contributed by atoms with E-state index in [0.29, 0.717) is 23.2 Å². The van der Waals surface area contributed by atoms with Crippen molar-refractivity contribution < 1.29 is 9.18 Å². The summed E-state index contributed by atoms with van der Waals surface area (Å²) in [4.78, 5) is 14.5. The van der Waals surface area contributed by atoms with Crippen molar-refractivity contribution in [1.82, 2.24) is 10.2 Å². The molecule has 3 rings (SSSR count). The van der Waals surface area contributed by atoms with Gasteiger partial charge in [-0.1, -0.05) is 30.5 Å². The summed E-state index contributed by atoms with van der Waals surface area (Å²) in [5, 5.41) is 3.62. The molecule has 1 aliphatic heterocycles. The Balaban J connectivity index is 1.47. The maximum Gasteiger partial charge on any atom is 0.223 e. The predicted molar refractivity (Wildman–Crippen MR) is 89.8 cm³/mol. The summed E-state index contributed by atoms with van der Waals surface area (Å²) in [6.45, 7) is 2.26. The van der Waals surface area contributed by atoms with Crippen molar-refractivity contribution in [3.05, 3.63) is 34.6 Å². The van der Waals surface area contributed by atoms with E-state index in [1.807, 2.05) is 0 Å². The van der Waals surface area contributed by atoms with Crippen LogP contribution in [0.2, 0.25) is 5.02 Å². The van der Waals surface area contributed by atoms with E-state index in [1.165, 1.54) is 18.9 Å². The average molecular weight is 339 g/mol. The number of piperidine rings is 1. The zero-order valence-electron chi connectivity index (χ0n) is 13.4. The van der Waals surface area contributed by atoms with E-state index in [9.17, 15) is 9.18 Å². The number of nitrogens with zero attached hydrogens (tertiary/aromatic N) is 1. The molecule has 1 amide bonds. The van der Waals surface area contributed by atoms with E-state index >= 15 is 0 Å². The fourth-order valence-corrected chi connectivity index (χ4v) is 3.79. The lowest BCUT2D eigenvalue weighted by Gasteiger charge is -2.32. The number of rotatable bonds is 4. The van der Waals surface area contributed by atoms with Gasteiger partial charge in [-0.2, -0.15) is 0 Å². The molecule has 0 spiro atoms. The van der Waals surface area contributed by atoms with Gasteiger partial charge >= 0.3 is 0 Å². The second-order valence-corrected chi connectivity index (χ2v) is 7.21. The second kappa shape index (κ2) is 7.63. The first-order valence-electron chi connectivity index (χ1n) is 8.58. The average Bonchev–Trinajstić information content (AvgIpc) is 3.04. The minimum Gasteiger partial charge on any atom is -0.353 e. The van der Waals surface area contributed by atoms with Gasteiger partial charge in [-0.3, -0.25) is 9.69 Å². The predicted octanol–water partition coefficient (Wildman–Crippen LogP) is 3.75. The highest BCUT2D eigenvalue weighted by molar-refractivity contribution is 6.30. The molecule has 1 saturated heterocycles. The second-order valence-electron chi connectivity index (χ2n) is 6.78. The SMILES string of the molecule is O=C(NC1CCCC1)C1CCN(Cc2ccc(Cl)cc2F)CC1. The molecule has 5 heteroatoms. The Hall–Kier alpha value is -1.13. The summed E-state index contributed by atoms with van der Waals surface area (Å²) in [6.07, 6.45) is 6.43. The van der Waals surface area contributed by atoms with Crippen LogP contribution in [0.25, 0.3) is 0 Å². The lowest BCUT2D eigenvalue weighted by atomic mass is 9.95. The van der Waals surface area contributed by atoms with Crippen molar-refractivity contribution in [2.24, 2.45) is 5.92 Å². The molecule has 1 aromatic rings. The third-order valence-electron chi connectivity index (χ3n) is 5.07. The number of carbonyl (C=O) groups excluding carboxylic acids is 1. The molecule has 1 N–H and O–H groups in total. The van der Waals surface area contributed by atoms with E-state index in [1.54, 1.807) is 12.1 Å². The first-order valence-corrected chi connectivity index (χ1v) is 8.96. The highest BCUT2D eigenvalue weighted by atomic mass is 35.5. The van der Waals surface area contributed by atoms with Gasteiger partial charge in [0.1, 0.15) is 5.82 Å². The molecular weight excluding hydrogens is 315 g/mol. The molecular formula is C18H24ClFN2O. The van der Waals surface area contributed by atoms with Gasteiger partial charge in [0.25, 0.3) is 0 Å². The van der Waals surface area contributed by atoms with Crippen LogP contribution < -0.4 is 5.32 Å². The molecule has 0 bridgehead atoms. The number of likely N-dealkylation sites (tertiary alicyclic amines) is 1. The van der Waals surface area contributed by atoms with Gasteiger partial charge in [0.05, 0.1) is 0 Å². The van der Waals surface area contributed by atoms with Crippen molar-refractivity contribution in [3.8, 4) is 0 Å². The van der Waals surface area contributed by atoms with E-state index in [2.05, 4.69) is 10.2 Å². The quantitative estimate of drug-likeness (QED) is 0.906. The summed E-state index contributed by atoms with van der Waals surface area (Å²) in [6, 6.07) is 5.22. The Kier molecular flexibility index (Phi) is 5.54. The number of nitrogens with one attached hydrogen (secondary N) is 1. The third-order valence-corrected chi connectivity index (χ3v) is 5.30. The highest BCUT2D eigenvalue weighted by Gasteiger charge is 2.27. The maximum atomic E-state index is 13.9. The first-order chi connectivity index (χ1) is 11.1. The van der Waals surface area contributed by atoms with Crippen LogP contribution in [0, 0.1) is 11.7 Å². The standard InChI is InChI=1S/C18H24ClFN2O/c19-15-6-5-14(17(20)11-15)12-22-9-7-13(8-10-22)18(23)21-16-3-1-2-4-16/h5-6,11,13,16H,1-4,7-10,12H2,(H,21,23). The van der Waals surface area contributed by atoms with Crippen molar-refractivity contribution >= 4 is 17.5 Å². The molecule has 23 heavy (non-hydrogen) atoms. The maximum absolute atomic E-state index is 13.9. The molecule has 126 valence electrons. The van der Waals surface area contributed by atoms with E-state index in [0.717, 1.165) is 38.8 Å². The Labute approximate surface area is 142 Å². The number of hydrogen-bond acceptors (Lipinski definition) is 2. The summed E-state index contributed by atoms with van der Waals surface area (Å²) in [7, 11) is 0. The van der Waals surface area contributed by atoms with Crippen LogP contribution in [0.5, 0.6) is 0 Å². The molecule has 1 saturated carbocycles. The smallest absolute Gasteiger partial charge is 0.223 e. The van der Waals surface area contributed by atoms with Crippen LogP contribution in [0.15, 0.2) is 18.2 Å². The van der Waals surface area contributed by atoms with Gasteiger partial charge in [-0.25, -0.2) is 4.39 Å². The Bertz CT molecular complexity index is 552. The summed E-state index contributed by atoms with van der Waals surface area (Å²) in [5.41, 5.74) is 0.670. The molecule has 0 aromatic heterocycles. The van der Waals surface area contributed by atoms with Gasteiger partial charge in [0.15, 0.2) is 0 Å². The zero-order chi connectivity index (χ0) is 16.2. The van der Waals surface area contributed by atoms with Gasteiger partial charge in [0, 0.05) is 29.1 Å². The van der Waals surface area contributed by atoms with Crippen LogP contribution >= 0.6 is 11.6 Å². The number of benzene rings is 1.